The molecule has 0 fully saturated rings. The Morgan fingerprint density at radius 1 is 1.14 bits per heavy atom. The molecule has 3 aromatic heterocycles. The summed E-state index contributed by atoms with van der Waals surface area (Å²) in [6.45, 7) is 0.746. The van der Waals surface area contributed by atoms with E-state index in [-0.39, 0.29) is 11.9 Å². The summed E-state index contributed by atoms with van der Waals surface area (Å²) < 4.78 is 3.67. The molecular formula is C21H20N6O. The minimum absolute atomic E-state index is 0.0380. The average molecular weight is 372 g/mol. The molecule has 28 heavy (non-hydrogen) atoms. The van der Waals surface area contributed by atoms with Crippen molar-refractivity contribution in [2.45, 2.75) is 31.8 Å². The quantitative estimate of drug-likeness (QED) is 0.598. The summed E-state index contributed by atoms with van der Waals surface area (Å²) in [7, 11) is 0. The molecule has 0 spiro atoms. The van der Waals surface area contributed by atoms with Gasteiger partial charge >= 0.3 is 0 Å². The van der Waals surface area contributed by atoms with Gasteiger partial charge in [0.05, 0.1) is 24.3 Å². The molecule has 1 N–H and O–H groups in total. The van der Waals surface area contributed by atoms with Crippen LogP contribution in [0.5, 0.6) is 0 Å². The van der Waals surface area contributed by atoms with Gasteiger partial charge < -0.3 is 5.32 Å². The van der Waals surface area contributed by atoms with Crippen LogP contribution in [0.2, 0.25) is 0 Å². The van der Waals surface area contributed by atoms with Gasteiger partial charge in [-0.2, -0.15) is 10.2 Å². The summed E-state index contributed by atoms with van der Waals surface area (Å²) in [5.41, 5.74) is 4.64. The molecule has 5 rings (SSSR count). The molecule has 1 aromatic carbocycles. The molecule has 1 unspecified atom stereocenters. The van der Waals surface area contributed by atoms with Crippen LogP contribution in [0.4, 0.5) is 0 Å². The third kappa shape index (κ3) is 2.94. The van der Waals surface area contributed by atoms with Gasteiger partial charge in [0.1, 0.15) is 6.33 Å². The zero-order valence-electron chi connectivity index (χ0n) is 15.3. The first-order chi connectivity index (χ1) is 13.8. The van der Waals surface area contributed by atoms with E-state index in [0.29, 0.717) is 11.2 Å². The Hall–Kier alpha value is -3.48. The maximum absolute atomic E-state index is 12.9. The zero-order chi connectivity index (χ0) is 18.9. The molecular weight excluding hydrogens is 352 g/mol. The fourth-order valence-electron chi connectivity index (χ4n) is 3.92. The second-order valence-corrected chi connectivity index (χ2v) is 7.06. The first-order valence-electron chi connectivity index (χ1n) is 9.47. The molecule has 4 aromatic rings. The molecule has 1 aliphatic rings. The van der Waals surface area contributed by atoms with E-state index in [4.69, 9.17) is 0 Å². The van der Waals surface area contributed by atoms with Crippen molar-refractivity contribution in [1.29, 1.82) is 0 Å². The molecule has 1 aliphatic carbocycles. The van der Waals surface area contributed by atoms with Crippen LogP contribution in [0.15, 0.2) is 61.2 Å². The van der Waals surface area contributed by atoms with Gasteiger partial charge in [-0.25, -0.2) is 9.50 Å². The van der Waals surface area contributed by atoms with E-state index in [2.05, 4.69) is 37.3 Å². The highest BCUT2D eigenvalue weighted by Gasteiger charge is 2.26. The largest absolute Gasteiger partial charge is 0.345 e. The van der Waals surface area contributed by atoms with E-state index in [1.54, 1.807) is 22.8 Å². The van der Waals surface area contributed by atoms with Crippen LogP contribution in [-0.4, -0.2) is 30.3 Å². The molecule has 0 saturated carbocycles. The first kappa shape index (κ1) is 16.7. The summed E-state index contributed by atoms with van der Waals surface area (Å²) in [4.78, 5) is 17.1. The van der Waals surface area contributed by atoms with Crippen molar-refractivity contribution in [3.05, 3.63) is 83.6 Å². The topological polar surface area (TPSA) is 77.1 Å². The molecule has 0 bridgehead atoms. The van der Waals surface area contributed by atoms with Gasteiger partial charge in [0.15, 0.2) is 5.65 Å². The van der Waals surface area contributed by atoms with Crippen molar-refractivity contribution in [2.75, 3.05) is 0 Å². The van der Waals surface area contributed by atoms with Crippen LogP contribution in [0, 0.1) is 0 Å². The van der Waals surface area contributed by atoms with Gasteiger partial charge in [-0.3, -0.25) is 9.48 Å². The van der Waals surface area contributed by atoms with E-state index in [9.17, 15) is 4.79 Å². The van der Waals surface area contributed by atoms with Crippen LogP contribution < -0.4 is 5.32 Å². The van der Waals surface area contributed by atoms with Crippen LogP contribution in [0.1, 0.15) is 46.1 Å². The number of pyridine rings is 1. The lowest BCUT2D eigenvalue weighted by atomic mass is 9.92. The number of rotatable bonds is 4. The predicted molar refractivity (Wildman–Crippen MR) is 104 cm³/mol. The smallest absolute Gasteiger partial charge is 0.255 e. The summed E-state index contributed by atoms with van der Waals surface area (Å²) in [6, 6.07) is 13.9. The summed E-state index contributed by atoms with van der Waals surface area (Å²) in [6.07, 6.45) is 8.05. The molecule has 1 amide bonds. The first-order valence-corrected chi connectivity index (χ1v) is 9.47. The van der Waals surface area contributed by atoms with Crippen LogP contribution in [-0.2, 0) is 13.0 Å². The van der Waals surface area contributed by atoms with Crippen molar-refractivity contribution < 1.29 is 4.79 Å². The third-order valence-electron chi connectivity index (χ3n) is 5.29. The molecule has 0 radical (unpaired) electrons. The van der Waals surface area contributed by atoms with Gasteiger partial charge in [-0.05, 0) is 37.0 Å². The number of nitrogens with zero attached hydrogens (tertiary/aromatic N) is 5. The number of nitrogens with one attached hydrogen (secondary N) is 1. The fourth-order valence-corrected chi connectivity index (χ4v) is 3.92. The van der Waals surface area contributed by atoms with Gasteiger partial charge in [-0.15, -0.1) is 0 Å². The summed E-state index contributed by atoms with van der Waals surface area (Å²) in [5.74, 6) is -0.132. The number of benzene rings is 1. The maximum atomic E-state index is 12.9. The molecule has 7 nitrogen and oxygen atoms in total. The molecule has 140 valence electrons. The number of hydrogen-bond donors (Lipinski definition) is 1. The van der Waals surface area contributed by atoms with E-state index in [1.807, 2.05) is 24.4 Å². The monoisotopic (exact) mass is 372 g/mol. The average Bonchev–Trinajstić information content (AvgIpc) is 3.36. The Labute approximate surface area is 162 Å². The van der Waals surface area contributed by atoms with Crippen LogP contribution in [0.25, 0.3) is 5.65 Å². The highest BCUT2D eigenvalue weighted by molar-refractivity contribution is 5.99. The second-order valence-electron chi connectivity index (χ2n) is 7.06. The van der Waals surface area contributed by atoms with Gasteiger partial charge in [0.25, 0.3) is 5.91 Å². The van der Waals surface area contributed by atoms with Crippen LogP contribution >= 0.6 is 0 Å². The standard InChI is InChI=1S/C21H20N6O/c28-21(16-8-5-11-26-20(16)22-14-24-26)25-18-9-4-10-19-17(18)12-23-27(19)13-15-6-2-1-3-7-15/h1-3,5-8,11-12,14,18H,4,9-10,13H2,(H,25,28). The zero-order valence-corrected chi connectivity index (χ0v) is 15.3. The van der Waals surface area contributed by atoms with E-state index in [1.165, 1.54) is 17.6 Å². The Kier molecular flexibility index (Phi) is 4.12. The van der Waals surface area contributed by atoms with Crippen molar-refractivity contribution in [1.82, 2.24) is 29.7 Å². The molecule has 0 saturated heterocycles. The van der Waals surface area contributed by atoms with Crippen molar-refractivity contribution >= 4 is 11.6 Å². The lowest BCUT2D eigenvalue weighted by Crippen LogP contribution is -2.31. The Bertz CT molecular complexity index is 1130. The van der Waals surface area contributed by atoms with Crippen molar-refractivity contribution in [2.24, 2.45) is 0 Å². The molecule has 0 aliphatic heterocycles. The Balaban J connectivity index is 1.40. The summed E-state index contributed by atoms with van der Waals surface area (Å²) in [5, 5.41) is 11.9. The van der Waals surface area contributed by atoms with E-state index in [0.717, 1.165) is 31.4 Å². The van der Waals surface area contributed by atoms with Gasteiger partial charge in [0.2, 0.25) is 0 Å². The number of amides is 1. The minimum atomic E-state index is -0.132. The normalized spacial score (nSPS) is 16.1. The number of carbonyl (C=O) groups is 1. The number of carbonyl (C=O) groups excluding carboxylic acids is 1. The van der Waals surface area contributed by atoms with E-state index < -0.39 is 0 Å². The minimum Gasteiger partial charge on any atom is -0.345 e. The predicted octanol–water partition coefficient (Wildman–Crippen LogP) is 2.78. The lowest BCUT2D eigenvalue weighted by Gasteiger charge is -2.24. The number of aromatic nitrogens is 5. The number of hydrogen-bond acceptors (Lipinski definition) is 4. The fraction of sp³-hybridized carbons (Fsp3) is 0.238. The Morgan fingerprint density at radius 3 is 2.93 bits per heavy atom. The van der Waals surface area contributed by atoms with Gasteiger partial charge in [0, 0.05) is 17.5 Å². The van der Waals surface area contributed by atoms with Gasteiger partial charge in [-0.1, -0.05) is 30.3 Å². The van der Waals surface area contributed by atoms with Crippen LogP contribution in [0.3, 0.4) is 0 Å². The molecule has 1 atom stereocenters. The lowest BCUT2D eigenvalue weighted by molar-refractivity contribution is 0.0933. The Morgan fingerprint density at radius 2 is 2.04 bits per heavy atom. The highest BCUT2D eigenvalue weighted by Crippen LogP contribution is 2.30. The molecule has 7 heteroatoms. The SMILES string of the molecule is O=C(NC1CCCc2c1cnn2Cc1ccccc1)c1cccn2ncnc12. The number of fused-ring (bicyclic) bond motifs is 2. The molecule has 3 heterocycles. The third-order valence-corrected chi connectivity index (χ3v) is 5.29. The highest BCUT2D eigenvalue weighted by atomic mass is 16.1. The summed E-state index contributed by atoms with van der Waals surface area (Å²) >= 11 is 0. The second kappa shape index (κ2) is 6.92. The van der Waals surface area contributed by atoms with Crippen molar-refractivity contribution in [3.63, 3.8) is 0 Å². The van der Waals surface area contributed by atoms with Crippen molar-refractivity contribution in [3.8, 4) is 0 Å². The maximum Gasteiger partial charge on any atom is 0.255 e. The van der Waals surface area contributed by atoms with E-state index >= 15 is 0 Å².